The van der Waals surface area contributed by atoms with Gasteiger partial charge in [-0.15, -0.1) is 0 Å². The van der Waals surface area contributed by atoms with E-state index in [0.717, 1.165) is 42.6 Å². The molecule has 1 aliphatic rings. The molecule has 0 aliphatic carbocycles. The SMILES string of the molecule is C[C@@H]1CCN(Cc2ccccc2)C[C@@H]1N(C)c1nc(Cl)nc2c1ccn2-c1nc(Cl)nc2[nH]ccc12. The molecule has 5 heterocycles. The molecule has 2 atom stereocenters. The minimum Gasteiger partial charge on any atom is -0.354 e. The second-order valence-electron chi connectivity index (χ2n) is 9.46. The van der Waals surface area contributed by atoms with Gasteiger partial charge >= 0.3 is 0 Å². The predicted octanol–water partition coefficient (Wildman–Crippen LogP) is 5.35. The zero-order valence-corrected chi connectivity index (χ0v) is 21.6. The van der Waals surface area contributed by atoms with Gasteiger partial charge in [0.05, 0.1) is 10.8 Å². The molecule has 10 heteroatoms. The van der Waals surface area contributed by atoms with E-state index in [0.29, 0.717) is 23.0 Å². The largest absolute Gasteiger partial charge is 0.354 e. The second kappa shape index (κ2) is 9.35. The van der Waals surface area contributed by atoms with E-state index in [4.69, 9.17) is 23.2 Å². The number of aromatic amines is 1. The van der Waals surface area contributed by atoms with Gasteiger partial charge in [0.25, 0.3) is 0 Å². The normalized spacial score (nSPS) is 18.8. The molecular weight excluding hydrogens is 495 g/mol. The first-order chi connectivity index (χ1) is 17.5. The molecule has 1 N–H and O–H groups in total. The minimum absolute atomic E-state index is 0.161. The summed E-state index contributed by atoms with van der Waals surface area (Å²) in [6.45, 7) is 5.28. The molecule has 0 unspecified atom stereocenters. The number of rotatable bonds is 5. The standard InChI is InChI=1S/C26H26Cl2N8/c1-16-9-12-35(14-17-6-4-3-5-7-17)15-20(16)34(2)22-19-10-13-36(24(19)33-26(28)31-22)23-18-8-11-29-21(18)30-25(27)32-23/h3-8,10-11,13,16,20H,9,12,14-15H2,1-2H3,(H,29,30,32)/t16-,20+/m1/s1. The van der Waals surface area contributed by atoms with Gasteiger partial charge in [0.15, 0.2) is 11.5 Å². The summed E-state index contributed by atoms with van der Waals surface area (Å²) >= 11 is 12.7. The highest BCUT2D eigenvalue weighted by Gasteiger charge is 2.31. The van der Waals surface area contributed by atoms with Crippen LogP contribution in [0.1, 0.15) is 18.9 Å². The summed E-state index contributed by atoms with van der Waals surface area (Å²) in [5.74, 6) is 1.96. The number of nitrogens with one attached hydrogen (secondary N) is 1. The fourth-order valence-corrected chi connectivity index (χ4v) is 5.58. The van der Waals surface area contributed by atoms with Gasteiger partial charge in [0.1, 0.15) is 11.5 Å². The summed E-state index contributed by atoms with van der Waals surface area (Å²) < 4.78 is 1.90. The number of hydrogen-bond acceptors (Lipinski definition) is 6. The number of likely N-dealkylation sites (tertiary alicyclic amines) is 1. The lowest BCUT2D eigenvalue weighted by molar-refractivity contribution is 0.159. The summed E-state index contributed by atoms with van der Waals surface area (Å²) in [4.78, 5) is 25.9. The highest BCUT2D eigenvalue weighted by Crippen LogP contribution is 2.33. The molecule has 6 rings (SSSR count). The Bertz CT molecular complexity index is 1530. The van der Waals surface area contributed by atoms with Crippen LogP contribution in [0.4, 0.5) is 5.82 Å². The van der Waals surface area contributed by atoms with E-state index in [2.05, 4.69) is 79.0 Å². The number of H-pyrrole nitrogens is 1. The monoisotopic (exact) mass is 520 g/mol. The molecule has 0 amide bonds. The van der Waals surface area contributed by atoms with Crippen molar-refractivity contribution in [3.05, 3.63) is 71.0 Å². The third-order valence-electron chi connectivity index (χ3n) is 7.18. The topological polar surface area (TPSA) is 78.8 Å². The van der Waals surface area contributed by atoms with Crippen LogP contribution in [-0.4, -0.2) is 60.6 Å². The maximum Gasteiger partial charge on any atom is 0.226 e. The molecule has 0 radical (unpaired) electrons. The van der Waals surface area contributed by atoms with Crippen LogP contribution in [0.2, 0.25) is 10.6 Å². The van der Waals surface area contributed by atoms with Crippen molar-refractivity contribution in [3.63, 3.8) is 0 Å². The summed E-state index contributed by atoms with van der Waals surface area (Å²) in [5, 5.41) is 2.11. The molecule has 0 bridgehead atoms. The zero-order valence-electron chi connectivity index (χ0n) is 20.1. The van der Waals surface area contributed by atoms with Gasteiger partial charge in [0.2, 0.25) is 10.6 Å². The maximum atomic E-state index is 6.49. The molecule has 1 fully saturated rings. The molecule has 1 aliphatic heterocycles. The van der Waals surface area contributed by atoms with Crippen molar-refractivity contribution in [3.8, 4) is 5.82 Å². The van der Waals surface area contributed by atoms with E-state index in [9.17, 15) is 0 Å². The predicted molar refractivity (Wildman–Crippen MR) is 144 cm³/mol. The summed E-state index contributed by atoms with van der Waals surface area (Å²) in [6.07, 6.45) is 4.87. The number of piperidine rings is 1. The van der Waals surface area contributed by atoms with Crippen molar-refractivity contribution >= 4 is 51.1 Å². The van der Waals surface area contributed by atoms with Gasteiger partial charge in [-0.05, 0) is 59.8 Å². The zero-order chi connectivity index (χ0) is 24.8. The number of likely N-dealkylation sites (N-methyl/N-ethyl adjacent to an activating group) is 1. The summed E-state index contributed by atoms with van der Waals surface area (Å²) in [6, 6.07) is 14.9. The fraction of sp³-hybridized carbons (Fsp3) is 0.308. The average Bonchev–Trinajstić information content (AvgIpc) is 3.51. The molecule has 1 saturated heterocycles. The average molecular weight is 521 g/mol. The first-order valence-corrected chi connectivity index (χ1v) is 12.8. The molecule has 36 heavy (non-hydrogen) atoms. The Balaban J connectivity index is 1.37. The third kappa shape index (κ3) is 4.19. The van der Waals surface area contributed by atoms with Gasteiger partial charge in [-0.3, -0.25) is 9.47 Å². The first kappa shape index (κ1) is 23.2. The number of nitrogens with zero attached hydrogens (tertiary/aromatic N) is 7. The smallest absolute Gasteiger partial charge is 0.226 e. The van der Waals surface area contributed by atoms with Gasteiger partial charge in [-0.2, -0.15) is 19.9 Å². The van der Waals surface area contributed by atoms with Crippen molar-refractivity contribution in [1.82, 2.24) is 34.4 Å². The number of benzene rings is 1. The lowest BCUT2D eigenvalue weighted by Gasteiger charge is -2.42. The van der Waals surface area contributed by atoms with Crippen molar-refractivity contribution < 1.29 is 0 Å². The fourth-order valence-electron chi connectivity index (χ4n) is 5.26. The van der Waals surface area contributed by atoms with Crippen molar-refractivity contribution in [2.24, 2.45) is 5.92 Å². The first-order valence-electron chi connectivity index (χ1n) is 12.0. The van der Waals surface area contributed by atoms with Gasteiger partial charge in [0, 0.05) is 38.6 Å². The van der Waals surface area contributed by atoms with E-state index < -0.39 is 0 Å². The molecular formula is C26H26Cl2N8. The van der Waals surface area contributed by atoms with E-state index in [-0.39, 0.29) is 16.6 Å². The lowest BCUT2D eigenvalue weighted by Crippen LogP contribution is -2.50. The minimum atomic E-state index is 0.161. The second-order valence-corrected chi connectivity index (χ2v) is 10.1. The van der Waals surface area contributed by atoms with Crippen LogP contribution in [0.5, 0.6) is 0 Å². The van der Waals surface area contributed by atoms with Crippen LogP contribution in [0.3, 0.4) is 0 Å². The Labute approximate surface area is 218 Å². The lowest BCUT2D eigenvalue weighted by atomic mass is 9.92. The number of hydrogen-bond donors (Lipinski definition) is 1. The molecule has 1 aromatic carbocycles. The van der Waals surface area contributed by atoms with E-state index in [1.165, 1.54) is 5.56 Å². The number of aromatic nitrogens is 6. The summed E-state index contributed by atoms with van der Waals surface area (Å²) in [5.41, 5.74) is 2.68. The van der Waals surface area contributed by atoms with Crippen LogP contribution in [0.15, 0.2) is 54.9 Å². The molecule has 4 aromatic heterocycles. The Morgan fingerprint density at radius 1 is 1.00 bits per heavy atom. The van der Waals surface area contributed by atoms with Gasteiger partial charge in [-0.1, -0.05) is 37.3 Å². The Kier molecular flexibility index (Phi) is 6.03. The van der Waals surface area contributed by atoms with Crippen LogP contribution < -0.4 is 4.90 Å². The van der Waals surface area contributed by atoms with Crippen LogP contribution in [0, 0.1) is 5.92 Å². The van der Waals surface area contributed by atoms with Crippen LogP contribution in [0.25, 0.3) is 27.9 Å². The molecule has 0 saturated carbocycles. The quantitative estimate of drug-likeness (QED) is 0.315. The highest BCUT2D eigenvalue weighted by molar-refractivity contribution is 6.29. The van der Waals surface area contributed by atoms with Crippen LogP contribution >= 0.6 is 23.2 Å². The van der Waals surface area contributed by atoms with Crippen molar-refractivity contribution in [2.75, 3.05) is 25.0 Å². The van der Waals surface area contributed by atoms with Gasteiger partial charge in [-0.25, -0.2) is 0 Å². The Morgan fingerprint density at radius 2 is 1.81 bits per heavy atom. The van der Waals surface area contributed by atoms with E-state index in [1.807, 2.05) is 29.1 Å². The Morgan fingerprint density at radius 3 is 2.64 bits per heavy atom. The summed E-state index contributed by atoms with van der Waals surface area (Å²) in [7, 11) is 2.11. The van der Waals surface area contributed by atoms with E-state index >= 15 is 0 Å². The third-order valence-corrected chi connectivity index (χ3v) is 7.51. The van der Waals surface area contributed by atoms with Crippen LogP contribution in [-0.2, 0) is 6.54 Å². The maximum absolute atomic E-state index is 6.49. The number of halogens is 2. The molecule has 184 valence electrons. The van der Waals surface area contributed by atoms with E-state index in [1.54, 1.807) is 0 Å². The van der Waals surface area contributed by atoms with Crippen molar-refractivity contribution in [1.29, 1.82) is 0 Å². The molecule has 8 nitrogen and oxygen atoms in total. The number of fused-ring (bicyclic) bond motifs is 2. The van der Waals surface area contributed by atoms with Gasteiger partial charge < -0.3 is 9.88 Å². The Hall–Kier alpha value is -3.20. The number of anilines is 1. The molecule has 5 aromatic rings. The molecule has 0 spiro atoms. The van der Waals surface area contributed by atoms with Crippen molar-refractivity contribution in [2.45, 2.75) is 25.9 Å². The highest BCUT2D eigenvalue weighted by atomic mass is 35.5.